The van der Waals surface area contributed by atoms with Gasteiger partial charge in [0.1, 0.15) is 6.61 Å². The molecule has 4 rings (SSSR count). The van der Waals surface area contributed by atoms with E-state index in [1.165, 1.54) is 71.1 Å². The first-order valence-corrected chi connectivity index (χ1v) is 11.2. The molecular weight excluding hydrogens is 324 g/mol. The van der Waals surface area contributed by atoms with Gasteiger partial charge in [-0.3, -0.25) is 4.79 Å². The quantitative estimate of drug-likeness (QED) is 0.498. The first kappa shape index (κ1) is 18.8. The van der Waals surface area contributed by atoms with Crippen molar-refractivity contribution >= 4 is 5.97 Å². The van der Waals surface area contributed by atoms with E-state index in [9.17, 15) is 4.79 Å². The van der Waals surface area contributed by atoms with Crippen LogP contribution >= 0.6 is 0 Å². The van der Waals surface area contributed by atoms with Crippen LogP contribution < -0.4 is 0 Å². The van der Waals surface area contributed by atoms with E-state index in [1.54, 1.807) is 0 Å². The molecule has 4 fully saturated rings. The van der Waals surface area contributed by atoms with Gasteiger partial charge in [-0.15, -0.1) is 0 Å². The minimum absolute atomic E-state index is 0.209. The summed E-state index contributed by atoms with van der Waals surface area (Å²) in [4.78, 5) is 10.9. The molecule has 4 aliphatic rings. The van der Waals surface area contributed by atoms with Gasteiger partial charge in [-0.25, -0.2) is 0 Å². The lowest BCUT2D eigenvalue weighted by molar-refractivity contribution is -0.147. The van der Waals surface area contributed by atoms with Crippen molar-refractivity contribution in [2.75, 3.05) is 13.2 Å². The fourth-order valence-corrected chi connectivity index (χ4v) is 7.76. The van der Waals surface area contributed by atoms with Gasteiger partial charge in [-0.1, -0.05) is 20.3 Å². The second-order valence-electron chi connectivity index (χ2n) is 10.3. The Labute approximate surface area is 159 Å². The van der Waals surface area contributed by atoms with E-state index in [2.05, 4.69) is 13.8 Å². The molecule has 148 valence electrons. The topological polar surface area (TPSA) is 35.5 Å². The molecular formula is C23H38O3. The Morgan fingerprint density at radius 3 is 2.62 bits per heavy atom. The van der Waals surface area contributed by atoms with Crippen LogP contribution in [0.15, 0.2) is 0 Å². The summed E-state index contributed by atoms with van der Waals surface area (Å²) in [6.07, 6.45) is 14.4. The molecule has 0 unspecified atom stereocenters. The molecule has 7 atom stereocenters. The van der Waals surface area contributed by atoms with Crippen LogP contribution in [0.25, 0.3) is 0 Å². The summed E-state index contributed by atoms with van der Waals surface area (Å²) in [6.45, 7) is 7.65. The Hall–Kier alpha value is -0.570. The van der Waals surface area contributed by atoms with Crippen LogP contribution in [0.5, 0.6) is 0 Å². The van der Waals surface area contributed by atoms with E-state index in [0.29, 0.717) is 30.1 Å². The molecule has 0 radical (unpaired) electrons. The first-order chi connectivity index (χ1) is 12.4. The molecule has 0 bridgehead atoms. The van der Waals surface area contributed by atoms with E-state index in [-0.39, 0.29) is 5.97 Å². The Bertz CT molecular complexity index is 532. The van der Waals surface area contributed by atoms with Gasteiger partial charge in [0, 0.05) is 6.92 Å². The number of esters is 1. The lowest BCUT2D eigenvalue weighted by atomic mass is 9.45. The smallest absolute Gasteiger partial charge is 0.302 e. The van der Waals surface area contributed by atoms with Gasteiger partial charge in [-0.2, -0.15) is 0 Å². The van der Waals surface area contributed by atoms with Gasteiger partial charge < -0.3 is 9.47 Å². The maximum atomic E-state index is 10.9. The van der Waals surface area contributed by atoms with E-state index < -0.39 is 0 Å². The fourth-order valence-electron chi connectivity index (χ4n) is 7.76. The van der Waals surface area contributed by atoms with Crippen LogP contribution in [0.3, 0.4) is 0 Å². The predicted octanol–water partition coefficient (Wildman–Crippen LogP) is 5.37. The number of hydrogen-bond acceptors (Lipinski definition) is 3. The van der Waals surface area contributed by atoms with Crippen molar-refractivity contribution in [3.63, 3.8) is 0 Å². The van der Waals surface area contributed by atoms with Gasteiger partial charge in [-0.05, 0) is 92.3 Å². The monoisotopic (exact) mass is 362 g/mol. The first-order valence-electron chi connectivity index (χ1n) is 11.2. The molecule has 0 aliphatic heterocycles. The minimum atomic E-state index is -0.209. The summed E-state index contributed by atoms with van der Waals surface area (Å²) < 4.78 is 11.1. The maximum Gasteiger partial charge on any atom is 0.302 e. The molecule has 0 amide bonds. The molecule has 26 heavy (non-hydrogen) atoms. The van der Waals surface area contributed by atoms with Crippen LogP contribution in [-0.4, -0.2) is 25.3 Å². The molecule has 0 aromatic carbocycles. The fraction of sp³-hybridized carbons (Fsp3) is 0.957. The third kappa shape index (κ3) is 3.23. The van der Waals surface area contributed by atoms with E-state index in [0.717, 1.165) is 23.7 Å². The van der Waals surface area contributed by atoms with E-state index >= 15 is 0 Å². The standard InChI is InChI=1S/C23H38O3/c1-16(24)25-13-14-26-18-8-12-23(3)17(15-18)6-7-19-20-5-4-10-22(20,2)11-9-21(19)23/h17-21H,4-15H2,1-3H3/t17-,18+,19-,20-,21+,22-,23-/m0/s1. The highest BCUT2D eigenvalue weighted by molar-refractivity contribution is 5.65. The van der Waals surface area contributed by atoms with Gasteiger partial charge >= 0.3 is 5.97 Å². The lowest BCUT2D eigenvalue weighted by Gasteiger charge is -2.60. The SMILES string of the molecule is CC(=O)OCCO[C@@H]1CC[C@@]2(C)[C@@H](CC[C@@H]3[C@H]2CC[C@]2(C)CCC[C@@H]32)C1. The van der Waals surface area contributed by atoms with Gasteiger partial charge in [0.05, 0.1) is 12.7 Å². The number of rotatable bonds is 4. The summed E-state index contributed by atoms with van der Waals surface area (Å²) in [5, 5.41) is 0. The van der Waals surface area contributed by atoms with Crippen LogP contribution in [0.1, 0.15) is 85.0 Å². The molecule has 4 aliphatic carbocycles. The lowest BCUT2D eigenvalue weighted by Crippen LogP contribution is -2.53. The number of carbonyl (C=O) groups is 1. The Morgan fingerprint density at radius 2 is 1.81 bits per heavy atom. The van der Waals surface area contributed by atoms with Crippen molar-refractivity contribution < 1.29 is 14.3 Å². The van der Waals surface area contributed by atoms with Crippen LogP contribution in [0.2, 0.25) is 0 Å². The van der Waals surface area contributed by atoms with Crippen molar-refractivity contribution in [2.24, 2.45) is 34.5 Å². The summed E-state index contributed by atoms with van der Waals surface area (Å²) in [5.41, 5.74) is 1.21. The summed E-state index contributed by atoms with van der Waals surface area (Å²) in [5.74, 6) is 3.59. The minimum Gasteiger partial charge on any atom is -0.463 e. The molecule has 0 aromatic heterocycles. The summed E-state index contributed by atoms with van der Waals surface area (Å²) >= 11 is 0. The third-order valence-corrected chi connectivity index (χ3v) is 9.14. The predicted molar refractivity (Wildman–Crippen MR) is 103 cm³/mol. The van der Waals surface area contributed by atoms with E-state index in [1.807, 2.05) is 0 Å². The zero-order valence-electron chi connectivity index (χ0n) is 17.1. The second-order valence-corrected chi connectivity index (χ2v) is 10.3. The molecule has 3 heteroatoms. The highest BCUT2D eigenvalue weighted by atomic mass is 16.6. The van der Waals surface area contributed by atoms with Crippen LogP contribution in [-0.2, 0) is 14.3 Å². The third-order valence-electron chi connectivity index (χ3n) is 9.14. The zero-order chi connectivity index (χ0) is 18.4. The number of carbonyl (C=O) groups excluding carboxylic acids is 1. The average molecular weight is 363 g/mol. The van der Waals surface area contributed by atoms with Gasteiger partial charge in [0.25, 0.3) is 0 Å². The maximum absolute atomic E-state index is 10.9. The molecule has 0 spiro atoms. The van der Waals surface area contributed by atoms with Crippen molar-refractivity contribution in [2.45, 2.75) is 91.1 Å². The van der Waals surface area contributed by atoms with Crippen LogP contribution in [0.4, 0.5) is 0 Å². The Kier molecular flexibility index (Phi) is 5.14. The second kappa shape index (κ2) is 7.11. The zero-order valence-corrected chi connectivity index (χ0v) is 17.1. The summed E-state index contributed by atoms with van der Waals surface area (Å²) in [7, 11) is 0. The molecule has 4 saturated carbocycles. The van der Waals surface area contributed by atoms with Crippen molar-refractivity contribution in [3.8, 4) is 0 Å². The van der Waals surface area contributed by atoms with Gasteiger partial charge in [0.2, 0.25) is 0 Å². The Balaban J connectivity index is 1.37. The largest absolute Gasteiger partial charge is 0.463 e. The highest BCUT2D eigenvalue weighted by Gasteiger charge is 2.57. The van der Waals surface area contributed by atoms with Crippen LogP contribution in [0, 0.1) is 34.5 Å². The average Bonchev–Trinajstić information content (AvgIpc) is 3.00. The normalized spacial score (nSPS) is 47.6. The number of fused-ring (bicyclic) bond motifs is 5. The molecule has 0 saturated heterocycles. The number of ether oxygens (including phenoxy) is 2. The Morgan fingerprint density at radius 1 is 0.962 bits per heavy atom. The molecule has 0 N–H and O–H groups in total. The van der Waals surface area contributed by atoms with Crippen molar-refractivity contribution in [1.29, 1.82) is 0 Å². The van der Waals surface area contributed by atoms with Crippen molar-refractivity contribution in [3.05, 3.63) is 0 Å². The summed E-state index contributed by atoms with van der Waals surface area (Å²) in [6, 6.07) is 0. The van der Waals surface area contributed by atoms with E-state index in [4.69, 9.17) is 9.47 Å². The van der Waals surface area contributed by atoms with Gasteiger partial charge in [0.15, 0.2) is 0 Å². The molecule has 3 nitrogen and oxygen atoms in total. The molecule has 0 heterocycles. The molecule has 0 aromatic rings. The number of hydrogen-bond donors (Lipinski definition) is 0. The van der Waals surface area contributed by atoms with Crippen molar-refractivity contribution in [1.82, 2.24) is 0 Å². The highest BCUT2D eigenvalue weighted by Crippen LogP contribution is 2.66.